The maximum absolute atomic E-state index is 9.22. The topological polar surface area (TPSA) is 76.1 Å². The third-order valence-corrected chi connectivity index (χ3v) is 5.19. The first-order valence-corrected chi connectivity index (χ1v) is 10.0. The molecule has 1 atom stereocenters. The van der Waals surface area contributed by atoms with Crippen molar-refractivity contribution in [3.63, 3.8) is 0 Å². The van der Waals surface area contributed by atoms with Crippen molar-refractivity contribution in [1.29, 1.82) is 0 Å². The van der Waals surface area contributed by atoms with Crippen molar-refractivity contribution >= 4 is 17.1 Å². The van der Waals surface area contributed by atoms with E-state index in [9.17, 15) is 5.21 Å². The van der Waals surface area contributed by atoms with Crippen LogP contribution in [0, 0.1) is 6.92 Å². The first kappa shape index (κ1) is 20.8. The minimum absolute atomic E-state index is 0.0927. The van der Waals surface area contributed by atoms with Crippen LogP contribution in [0.3, 0.4) is 0 Å². The molecule has 3 aromatic rings. The number of fused-ring (bicyclic) bond motifs is 1. The Morgan fingerprint density at radius 1 is 1.21 bits per heavy atom. The zero-order valence-electron chi connectivity index (χ0n) is 17.4. The van der Waals surface area contributed by atoms with Crippen LogP contribution in [0.4, 0.5) is 0 Å². The van der Waals surface area contributed by atoms with Gasteiger partial charge in [0.05, 0.1) is 22.8 Å². The van der Waals surface area contributed by atoms with Crippen LogP contribution < -0.4 is 11.2 Å². The van der Waals surface area contributed by atoms with E-state index >= 15 is 0 Å². The number of nitrogens with zero attached hydrogens (tertiary/aromatic N) is 2. The molecule has 1 heterocycles. The molecule has 0 saturated heterocycles. The second kappa shape index (κ2) is 9.54. The fourth-order valence-corrected chi connectivity index (χ4v) is 3.32. The Morgan fingerprint density at radius 3 is 2.45 bits per heavy atom. The maximum Gasteiger partial charge on any atom is 0.126 e. The van der Waals surface area contributed by atoms with Gasteiger partial charge in [-0.3, -0.25) is 10.7 Å². The molecule has 1 aromatic heterocycles. The largest absolute Gasteiger partial charge is 0.330 e. The van der Waals surface area contributed by atoms with Crippen molar-refractivity contribution in [2.24, 2.45) is 12.8 Å². The molecule has 0 aliphatic heterocycles. The summed E-state index contributed by atoms with van der Waals surface area (Å²) in [6, 6.07) is 16.3. The third-order valence-electron chi connectivity index (χ3n) is 5.19. The van der Waals surface area contributed by atoms with Gasteiger partial charge in [0, 0.05) is 7.05 Å². The molecule has 2 aromatic carbocycles. The van der Waals surface area contributed by atoms with Crippen LogP contribution in [0.2, 0.25) is 0 Å². The molecule has 4 rings (SSSR count). The van der Waals surface area contributed by atoms with Gasteiger partial charge in [-0.25, -0.2) is 4.98 Å². The second-order valence-electron chi connectivity index (χ2n) is 7.54. The smallest absolute Gasteiger partial charge is 0.126 e. The lowest BCUT2D eigenvalue weighted by Crippen LogP contribution is -2.12. The summed E-state index contributed by atoms with van der Waals surface area (Å²) in [5, 5.41) is 9.22. The lowest BCUT2D eigenvalue weighted by atomic mass is 9.90. The summed E-state index contributed by atoms with van der Waals surface area (Å²) in [5.74, 6) is 0.880. The molecule has 1 aliphatic carbocycles. The molecular formula is C24H30N4O. The quantitative estimate of drug-likeness (QED) is 0.547. The van der Waals surface area contributed by atoms with E-state index in [0.29, 0.717) is 0 Å². The van der Waals surface area contributed by atoms with Gasteiger partial charge in [0.25, 0.3) is 0 Å². The average Bonchev–Trinajstić information content (AvgIpc) is 3.01. The second-order valence-corrected chi connectivity index (χ2v) is 7.54. The summed E-state index contributed by atoms with van der Waals surface area (Å²) in [5.41, 5.74) is 14.7. The number of imidazole rings is 1. The summed E-state index contributed by atoms with van der Waals surface area (Å²) in [7, 11) is 1.98. The normalized spacial score (nSPS) is 14.3. The van der Waals surface area contributed by atoms with Crippen LogP contribution in [0.15, 0.2) is 65.9 Å². The Labute approximate surface area is 172 Å². The predicted octanol–water partition coefficient (Wildman–Crippen LogP) is 5.02. The molecule has 0 amide bonds. The fraction of sp³-hybridized carbons (Fsp3) is 0.292. The minimum Gasteiger partial charge on any atom is -0.330 e. The lowest BCUT2D eigenvalue weighted by molar-refractivity contribution is 0.202. The maximum atomic E-state index is 9.22. The van der Waals surface area contributed by atoms with E-state index in [1.807, 2.05) is 61.0 Å². The third kappa shape index (κ3) is 5.13. The predicted molar refractivity (Wildman–Crippen MR) is 119 cm³/mol. The number of nitrogens with two attached hydrogens (primary N) is 1. The summed E-state index contributed by atoms with van der Waals surface area (Å²) >= 11 is 0. The number of allylic oxidation sites excluding steroid dienone is 2. The van der Waals surface area contributed by atoms with Crippen molar-refractivity contribution in [3.05, 3.63) is 82.8 Å². The van der Waals surface area contributed by atoms with Crippen LogP contribution in [0.1, 0.15) is 49.2 Å². The van der Waals surface area contributed by atoms with E-state index in [-0.39, 0.29) is 6.04 Å². The molecule has 0 spiro atoms. The number of hydroxylamine groups is 1. The Balaban J connectivity index is 0.000000290. The van der Waals surface area contributed by atoms with E-state index in [0.717, 1.165) is 41.0 Å². The Morgan fingerprint density at radius 2 is 1.93 bits per heavy atom. The van der Waals surface area contributed by atoms with E-state index in [1.54, 1.807) is 0 Å². The van der Waals surface area contributed by atoms with Gasteiger partial charge >= 0.3 is 0 Å². The molecular weight excluding hydrogens is 360 g/mol. The van der Waals surface area contributed by atoms with E-state index in [4.69, 9.17) is 5.73 Å². The van der Waals surface area contributed by atoms with Gasteiger partial charge in [-0.05, 0) is 62.5 Å². The van der Waals surface area contributed by atoms with Gasteiger partial charge in [0.15, 0.2) is 0 Å². The SMILES string of the molecule is CC(N)c1nc2cc(/C=C/C(NO)=C3CCC3)ccc2n1C.Cc1ccccc1. The van der Waals surface area contributed by atoms with Gasteiger partial charge in [-0.2, -0.15) is 0 Å². The summed E-state index contributed by atoms with van der Waals surface area (Å²) in [4.78, 5) is 4.61. The van der Waals surface area contributed by atoms with Crippen molar-refractivity contribution in [3.8, 4) is 0 Å². The van der Waals surface area contributed by atoms with Crippen LogP contribution >= 0.6 is 0 Å². The van der Waals surface area contributed by atoms with Gasteiger partial charge in [-0.15, -0.1) is 0 Å². The summed E-state index contributed by atoms with van der Waals surface area (Å²) in [6.07, 6.45) is 7.23. The van der Waals surface area contributed by atoms with Crippen LogP contribution in [-0.4, -0.2) is 14.8 Å². The van der Waals surface area contributed by atoms with Crippen molar-refractivity contribution in [1.82, 2.24) is 15.0 Å². The number of benzene rings is 2. The highest BCUT2D eigenvalue weighted by molar-refractivity contribution is 5.79. The standard InChI is InChI=1S/C17H22N4O.C7H8/c1-11(18)17-19-15-10-12(7-9-16(15)21(17)2)6-8-14(20-22)13-4-3-5-13;1-7-5-3-2-4-6-7/h6-11,20,22H,3-5,18H2,1-2H3;2-6H,1H3/b8-6+;. The number of hydrogen-bond donors (Lipinski definition) is 3. The van der Waals surface area contributed by atoms with E-state index in [2.05, 4.69) is 35.6 Å². The first-order valence-electron chi connectivity index (χ1n) is 10.0. The van der Waals surface area contributed by atoms with Gasteiger partial charge < -0.3 is 10.3 Å². The van der Waals surface area contributed by atoms with Gasteiger partial charge in [-0.1, -0.05) is 48.0 Å². The van der Waals surface area contributed by atoms with Crippen molar-refractivity contribution < 1.29 is 5.21 Å². The molecule has 0 bridgehead atoms. The summed E-state index contributed by atoms with van der Waals surface area (Å²) in [6.45, 7) is 4.02. The zero-order chi connectivity index (χ0) is 20.8. The van der Waals surface area contributed by atoms with Crippen LogP contribution in [0.25, 0.3) is 17.1 Å². The Hall–Kier alpha value is -2.89. The van der Waals surface area contributed by atoms with Crippen LogP contribution in [0.5, 0.6) is 0 Å². The fourth-order valence-electron chi connectivity index (χ4n) is 3.32. The minimum atomic E-state index is -0.0927. The lowest BCUT2D eigenvalue weighted by Gasteiger charge is -2.19. The van der Waals surface area contributed by atoms with Crippen molar-refractivity contribution in [2.75, 3.05) is 0 Å². The number of nitrogens with one attached hydrogen (secondary N) is 1. The molecule has 1 unspecified atom stereocenters. The van der Waals surface area contributed by atoms with E-state index in [1.165, 1.54) is 17.6 Å². The summed E-state index contributed by atoms with van der Waals surface area (Å²) < 4.78 is 2.03. The monoisotopic (exact) mass is 390 g/mol. The Bertz CT molecular complexity index is 1010. The van der Waals surface area contributed by atoms with Gasteiger partial charge in [0.2, 0.25) is 0 Å². The number of aromatic nitrogens is 2. The number of rotatable bonds is 4. The number of hydrogen-bond acceptors (Lipinski definition) is 4. The molecule has 1 aliphatic rings. The highest BCUT2D eigenvalue weighted by atomic mass is 16.5. The highest BCUT2D eigenvalue weighted by Gasteiger charge is 2.13. The van der Waals surface area contributed by atoms with Crippen molar-refractivity contribution in [2.45, 2.75) is 39.2 Å². The van der Waals surface area contributed by atoms with Crippen LogP contribution in [-0.2, 0) is 7.05 Å². The molecule has 1 saturated carbocycles. The zero-order valence-corrected chi connectivity index (χ0v) is 17.4. The van der Waals surface area contributed by atoms with Gasteiger partial charge in [0.1, 0.15) is 5.82 Å². The highest BCUT2D eigenvalue weighted by Crippen LogP contribution is 2.28. The molecule has 29 heavy (non-hydrogen) atoms. The molecule has 5 heteroatoms. The Kier molecular flexibility index (Phi) is 6.86. The first-order chi connectivity index (χ1) is 14.0. The molecule has 4 N–H and O–H groups in total. The number of aryl methyl sites for hydroxylation is 2. The molecule has 5 nitrogen and oxygen atoms in total. The average molecular weight is 391 g/mol. The van der Waals surface area contributed by atoms with E-state index < -0.39 is 0 Å². The molecule has 0 radical (unpaired) electrons. The molecule has 152 valence electrons. The molecule has 1 fully saturated rings.